The maximum Gasteiger partial charge on any atom is 0.387 e. The Kier molecular flexibility index (Phi) is 4.50. The SMILES string of the molecule is COc1cc(C(=O)N[C@](C)(C#N)C2CC2)ccc1OC(F)F. The van der Waals surface area contributed by atoms with E-state index < -0.39 is 18.1 Å². The Hall–Kier alpha value is -2.36. The summed E-state index contributed by atoms with van der Waals surface area (Å²) in [6.45, 7) is -1.31. The largest absolute Gasteiger partial charge is 0.493 e. The van der Waals surface area contributed by atoms with Gasteiger partial charge in [-0.1, -0.05) is 0 Å². The van der Waals surface area contributed by atoms with Crippen LogP contribution in [0.1, 0.15) is 30.1 Å². The van der Waals surface area contributed by atoms with Crippen molar-refractivity contribution in [3.8, 4) is 17.6 Å². The molecule has 1 fully saturated rings. The van der Waals surface area contributed by atoms with Crippen LogP contribution in [0.15, 0.2) is 18.2 Å². The number of methoxy groups -OCH3 is 1. The van der Waals surface area contributed by atoms with Crippen LogP contribution in [0.3, 0.4) is 0 Å². The van der Waals surface area contributed by atoms with Gasteiger partial charge in [0.2, 0.25) is 0 Å². The van der Waals surface area contributed by atoms with Gasteiger partial charge in [0.25, 0.3) is 5.91 Å². The highest BCUT2D eigenvalue weighted by molar-refractivity contribution is 5.95. The molecule has 118 valence electrons. The molecule has 1 aromatic carbocycles. The zero-order chi connectivity index (χ0) is 16.3. The highest BCUT2D eigenvalue weighted by Gasteiger charge is 2.43. The third kappa shape index (κ3) is 3.45. The van der Waals surface area contributed by atoms with Gasteiger partial charge in [-0.05, 0) is 43.9 Å². The van der Waals surface area contributed by atoms with E-state index in [0.717, 1.165) is 12.8 Å². The number of nitriles is 1. The van der Waals surface area contributed by atoms with Gasteiger partial charge in [0.1, 0.15) is 5.54 Å². The molecule has 1 saturated carbocycles. The number of nitrogens with zero attached hydrogens (tertiary/aromatic N) is 1. The fraction of sp³-hybridized carbons (Fsp3) is 0.467. The van der Waals surface area contributed by atoms with E-state index in [0.29, 0.717) is 0 Å². The first-order valence-electron chi connectivity index (χ1n) is 6.76. The van der Waals surface area contributed by atoms with Crippen LogP contribution in [0.25, 0.3) is 0 Å². The minimum atomic E-state index is -2.98. The lowest BCUT2D eigenvalue weighted by atomic mass is 9.97. The topological polar surface area (TPSA) is 71.3 Å². The summed E-state index contributed by atoms with van der Waals surface area (Å²) in [5.41, 5.74) is -0.719. The molecule has 0 unspecified atom stereocenters. The van der Waals surface area contributed by atoms with Gasteiger partial charge in [-0.15, -0.1) is 0 Å². The monoisotopic (exact) mass is 310 g/mol. The van der Waals surface area contributed by atoms with E-state index in [9.17, 15) is 18.8 Å². The molecule has 0 aromatic heterocycles. The number of rotatable bonds is 6. The highest BCUT2D eigenvalue weighted by Crippen LogP contribution is 2.39. The molecule has 0 heterocycles. The van der Waals surface area contributed by atoms with Crippen LogP contribution < -0.4 is 14.8 Å². The van der Waals surface area contributed by atoms with Crippen molar-refractivity contribution in [3.63, 3.8) is 0 Å². The van der Waals surface area contributed by atoms with Crippen molar-refractivity contribution < 1.29 is 23.0 Å². The minimum Gasteiger partial charge on any atom is -0.493 e. The standard InChI is InChI=1S/C15H16F2N2O3/c1-15(8-18,10-4-5-10)19-13(20)9-3-6-11(22-14(16)17)12(7-9)21-2/h3,6-7,10,14H,4-5H2,1-2H3,(H,19,20)/t15-/m1/s1. The number of alkyl halides is 2. The number of carbonyl (C=O) groups is 1. The summed E-state index contributed by atoms with van der Waals surface area (Å²) in [7, 11) is 1.29. The predicted molar refractivity (Wildman–Crippen MR) is 73.8 cm³/mol. The molecule has 2 rings (SSSR count). The molecular formula is C15H16F2N2O3. The number of amides is 1. The molecule has 5 nitrogen and oxygen atoms in total. The summed E-state index contributed by atoms with van der Waals surface area (Å²) in [6.07, 6.45) is 1.80. The normalized spacial score (nSPS) is 16.5. The molecule has 1 aliphatic carbocycles. The summed E-state index contributed by atoms with van der Waals surface area (Å²) in [6, 6.07) is 6.01. The fourth-order valence-electron chi connectivity index (χ4n) is 2.19. The second-order valence-electron chi connectivity index (χ2n) is 5.29. The van der Waals surface area contributed by atoms with Crippen LogP contribution in [-0.4, -0.2) is 25.2 Å². The number of halogens is 2. The maximum absolute atomic E-state index is 12.3. The Morgan fingerprint density at radius 1 is 1.45 bits per heavy atom. The van der Waals surface area contributed by atoms with Gasteiger partial charge in [0.05, 0.1) is 13.2 Å². The van der Waals surface area contributed by atoms with Crippen molar-refractivity contribution in [3.05, 3.63) is 23.8 Å². The van der Waals surface area contributed by atoms with Crippen molar-refractivity contribution in [2.45, 2.75) is 31.9 Å². The second kappa shape index (κ2) is 6.18. The molecular weight excluding hydrogens is 294 g/mol. The van der Waals surface area contributed by atoms with E-state index in [4.69, 9.17) is 4.74 Å². The Balaban J connectivity index is 2.18. The molecule has 1 amide bonds. The fourth-order valence-corrected chi connectivity index (χ4v) is 2.19. The lowest BCUT2D eigenvalue weighted by Gasteiger charge is -2.23. The Bertz CT molecular complexity index is 611. The minimum absolute atomic E-state index is 0.0260. The van der Waals surface area contributed by atoms with E-state index in [1.54, 1.807) is 6.92 Å². The van der Waals surface area contributed by atoms with Gasteiger partial charge in [-0.2, -0.15) is 14.0 Å². The van der Waals surface area contributed by atoms with Gasteiger partial charge in [0.15, 0.2) is 11.5 Å². The molecule has 0 bridgehead atoms. The van der Waals surface area contributed by atoms with Crippen molar-refractivity contribution >= 4 is 5.91 Å². The first-order valence-corrected chi connectivity index (χ1v) is 6.76. The Morgan fingerprint density at radius 2 is 2.14 bits per heavy atom. The molecule has 0 saturated heterocycles. The van der Waals surface area contributed by atoms with Crippen LogP contribution in [0.5, 0.6) is 11.5 Å². The molecule has 0 spiro atoms. The third-order valence-corrected chi connectivity index (χ3v) is 3.64. The smallest absolute Gasteiger partial charge is 0.387 e. The molecule has 1 aromatic rings. The Morgan fingerprint density at radius 3 is 2.64 bits per heavy atom. The maximum atomic E-state index is 12.3. The van der Waals surface area contributed by atoms with Crippen molar-refractivity contribution in [2.24, 2.45) is 5.92 Å². The van der Waals surface area contributed by atoms with E-state index in [1.165, 1.54) is 25.3 Å². The second-order valence-corrected chi connectivity index (χ2v) is 5.29. The van der Waals surface area contributed by atoms with Crippen LogP contribution in [-0.2, 0) is 0 Å². The summed E-state index contributed by atoms with van der Waals surface area (Å²) in [5, 5.41) is 11.9. The molecule has 0 aliphatic heterocycles. The number of carbonyl (C=O) groups excluding carboxylic acids is 1. The quantitative estimate of drug-likeness (QED) is 0.877. The summed E-state index contributed by atoms with van der Waals surface area (Å²) < 4.78 is 33.8. The van der Waals surface area contributed by atoms with E-state index in [-0.39, 0.29) is 23.0 Å². The van der Waals surface area contributed by atoms with Crippen LogP contribution in [0.2, 0.25) is 0 Å². The number of hydrogen-bond donors (Lipinski definition) is 1. The summed E-state index contributed by atoms with van der Waals surface area (Å²) >= 11 is 0. The molecule has 0 radical (unpaired) electrons. The van der Waals surface area contributed by atoms with Crippen molar-refractivity contribution in [1.29, 1.82) is 5.26 Å². The average Bonchev–Trinajstić information content (AvgIpc) is 3.31. The lowest BCUT2D eigenvalue weighted by Crippen LogP contribution is -2.46. The zero-order valence-electron chi connectivity index (χ0n) is 12.2. The van der Waals surface area contributed by atoms with Gasteiger partial charge in [-0.3, -0.25) is 4.79 Å². The predicted octanol–water partition coefficient (Wildman–Crippen LogP) is 2.72. The van der Waals surface area contributed by atoms with Crippen LogP contribution >= 0.6 is 0 Å². The van der Waals surface area contributed by atoms with Gasteiger partial charge in [-0.25, -0.2) is 0 Å². The number of benzene rings is 1. The van der Waals surface area contributed by atoms with Crippen LogP contribution in [0.4, 0.5) is 8.78 Å². The number of hydrogen-bond acceptors (Lipinski definition) is 4. The van der Waals surface area contributed by atoms with Gasteiger partial charge < -0.3 is 14.8 Å². The summed E-state index contributed by atoms with van der Waals surface area (Å²) in [4.78, 5) is 12.2. The lowest BCUT2D eigenvalue weighted by molar-refractivity contribution is -0.0512. The first-order chi connectivity index (χ1) is 10.4. The molecule has 1 N–H and O–H groups in total. The van der Waals surface area contributed by atoms with Crippen molar-refractivity contribution in [1.82, 2.24) is 5.32 Å². The van der Waals surface area contributed by atoms with E-state index >= 15 is 0 Å². The van der Waals surface area contributed by atoms with Gasteiger partial charge in [0, 0.05) is 5.56 Å². The third-order valence-electron chi connectivity index (χ3n) is 3.64. The van der Waals surface area contributed by atoms with Crippen LogP contribution in [0, 0.1) is 17.2 Å². The van der Waals surface area contributed by atoms with Gasteiger partial charge >= 0.3 is 6.61 Å². The first kappa shape index (κ1) is 16.0. The molecule has 1 aliphatic rings. The number of nitrogens with one attached hydrogen (secondary N) is 1. The Labute approximate surface area is 126 Å². The van der Waals surface area contributed by atoms with E-state index in [1.807, 2.05) is 0 Å². The molecule has 22 heavy (non-hydrogen) atoms. The average molecular weight is 310 g/mol. The summed E-state index contributed by atoms with van der Waals surface area (Å²) in [5.74, 6) is -0.444. The molecule has 1 atom stereocenters. The van der Waals surface area contributed by atoms with Crippen molar-refractivity contribution in [2.75, 3.05) is 7.11 Å². The molecule has 7 heteroatoms. The van der Waals surface area contributed by atoms with E-state index in [2.05, 4.69) is 16.1 Å². The highest BCUT2D eigenvalue weighted by atomic mass is 19.3. The zero-order valence-corrected chi connectivity index (χ0v) is 12.2. The number of ether oxygens (including phenoxy) is 2.